The second-order valence-electron chi connectivity index (χ2n) is 5.49. The van der Waals surface area contributed by atoms with Crippen molar-refractivity contribution in [2.75, 3.05) is 6.61 Å². The molecule has 1 nitrogen and oxygen atoms in total. The summed E-state index contributed by atoms with van der Waals surface area (Å²) in [5.41, 5.74) is 1.56. The fourth-order valence-electron chi connectivity index (χ4n) is 2.24. The molecule has 0 aromatic rings. The first kappa shape index (κ1) is 17.7. The van der Waals surface area contributed by atoms with Crippen molar-refractivity contribution in [3.05, 3.63) is 11.6 Å². The van der Waals surface area contributed by atoms with Gasteiger partial charge in [0.05, 0.1) is 0 Å². The Bertz CT molecular complexity index is 184. The highest BCUT2D eigenvalue weighted by Crippen LogP contribution is 2.12. The van der Waals surface area contributed by atoms with Gasteiger partial charge in [-0.2, -0.15) is 0 Å². The Kier molecular flexibility index (Phi) is 14.5. The molecule has 18 heavy (non-hydrogen) atoms. The Morgan fingerprint density at radius 3 is 2.17 bits per heavy atom. The van der Waals surface area contributed by atoms with Crippen LogP contribution in [-0.2, 0) is 0 Å². The fraction of sp³-hybridized carbons (Fsp3) is 0.882. The predicted octanol–water partition coefficient (Wildman–Crippen LogP) is 5.63. The van der Waals surface area contributed by atoms with E-state index >= 15 is 0 Å². The van der Waals surface area contributed by atoms with Gasteiger partial charge < -0.3 is 5.11 Å². The van der Waals surface area contributed by atoms with Gasteiger partial charge in [-0.1, -0.05) is 63.5 Å². The van der Waals surface area contributed by atoms with Crippen LogP contribution in [0.5, 0.6) is 0 Å². The van der Waals surface area contributed by atoms with E-state index in [0.717, 1.165) is 6.42 Å². The monoisotopic (exact) mass is 254 g/mol. The third kappa shape index (κ3) is 13.8. The van der Waals surface area contributed by atoms with E-state index in [2.05, 4.69) is 19.9 Å². The SMILES string of the molecule is CCCCCCCCC=C(C)CCCCCCO. The lowest BCUT2D eigenvalue weighted by Crippen LogP contribution is -1.85. The highest BCUT2D eigenvalue weighted by molar-refractivity contribution is 4.97. The van der Waals surface area contributed by atoms with E-state index in [-0.39, 0.29) is 0 Å². The van der Waals surface area contributed by atoms with Gasteiger partial charge in [-0.3, -0.25) is 0 Å². The molecular weight excluding hydrogens is 220 g/mol. The second kappa shape index (κ2) is 14.8. The highest BCUT2D eigenvalue weighted by Gasteiger charge is 1.93. The highest BCUT2D eigenvalue weighted by atomic mass is 16.2. The van der Waals surface area contributed by atoms with Crippen LogP contribution in [0, 0.1) is 0 Å². The second-order valence-corrected chi connectivity index (χ2v) is 5.49. The smallest absolute Gasteiger partial charge is 0.0431 e. The van der Waals surface area contributed by atoms with Gasteiger partial charge in [0, 0.05) is 6.61 Å². The molecule has 0 saturated carbocycles. The molecule has 0 atom stereocenters. The van der Waals surface area contributed by atoms with E-state index in [4.69, 9.17) is 5.11 Å². The van der Waals surface area contributed by atoms with Gasteiger partial charge in [0.15, 0.2) is 0 Å². The van der Waals surface area contributed by atoms with Crippen LogP contribution in [0.1, 0.15) is 90.9 Å². The minimum Gasteiger partial charge on any atom is -0.396 e. The third-order valence-electron chi connectivity index (χ3n) is 3.53. The van der Waals surface area contributed by atoms with Crippen molar-refractivity contribution in [3.63, 3.8) is 0 Å². The van der Waals surface area contributed by atoms with Crippen LogP contribution >= 0.6 is 0 Å². The molecule has 1 heteroatoms. The molecule has 108 valence electrons. The first-order valence-corrected chi connectivity index (χ1v) is 8.07. The Labute approximate surface area is 115 Å². The average Bonchev–Trinajstić information content (AvgIpc) is 2.37. The molecule has 0 radical (unpaired) electrons. The van der Waals surface area contributed by atoms with Crippen molar-refractivity contribution in [1.82, 2.24) is 0 Å². The number of hydrogen-bond acceptors (Lipinski definition) is 1. The van der Waals surface area contributed by atoms with E-state index in [1.54, 1.807) is 5.57 Å². The lowest BCUT2D eigenvalue weighted by molar-refractivity contribution is 0.282. The Hall–Kier alpha value is -0.300. The van der Waals surface area contributed by atoms with Crippen molar-refractivity contribution in [3.8, 4) is 0 Å². The van der Waals surface area contributed by atoms with Gasteiger partial charge in [0.1, 0.15) is 0 Å². The molecule has 0 aliphatic heterocycles. The zero-order valence-electron chi connectivity index (χ0n) is 12.7. The minimum absolute atomic E-state index is 0.354. The summed E-state index contributed by atoms with van der Waals surface area (Å²) in [5.74, 6) is 0. The van der Waals surface area contributed by atoms with E-state index in [9.17, 15) is 0 Å². The number of aliphatic hydroxyl groups is 1. The number of hydrogen-bond donors (Lipinski definition) is 1. The van der Waals surface area contributed by atoms with Crippen LogP contribution in [0.2, 0.25) is 0 Å². The summed E-state index contributed by atoms with van der Waals surface area (Å²) in [6.07, 6.45) is 18.0. The third-order valence-corrected chi connectivity index (χ3v) is 3.53. The van der Waals surface area contributed by atoms with Crippen LogP contribution in [0.25, 0.3) is 0 Å². The first-order chi connectivity index (χ1) is 8.81. The Morgan fingerprint density at radius 2 is 1.44 bits per heavy atom. The van der Waals surface area contributed by atoms with Crippen molar-refractivity contribution in [2.45, 2.75) is 90.9 Å². The summed E-state index contributed by atoms with van der Waals surface area (Å²) in [4.78, 5) is 0. The Morgan fingerprint density at radius 1 is 0.833 bits per heavy atom. The van der Waals surface area contributed by atoms with Crippen molar-refractivity contribution >= 4 is 0 Å². The summed E-state index contributed by atoms with van der Waals surface area (Å²) >= 11 is 0. The molecular formula is C17H34O. The van der Waals surface area contributed by atoms with Crippen molar-refractivity contribution in [2.24, 2.45) is 0 Å². The Balaban J connectivity index is 3.25. The molecule has 0 aliphatic carbocycles. The van der Waals surface area contributed by atoms with Crippen LogP contribution in [0.4, 0.5) is 0 Å². The number of aliphatic hydroxyl groups excluding tert-OH is 1. The van der Waals surface area contributed by atoms with E-state index < -0.39 is 0 Å². The van der Waals surface area contributed by atoms with E-state index in [0.29, 0.717) is 6.61 Å². The van der Waals surface area contributed by atoms with Crippen molar-refractivity contribution < 1.29 is 5.11 Å². The molecule has 0 fully saturated rings. The molecule has 0 aliphatic rings. The van der Waals surface area contributed by atoms with Gasteiger partial charge in [-0.15, -0.1) is 0 Å². The maximum Gasteiger partial charge on any atom is 0.0431 e. The normalized spacial score (nSPS) is 12.1. The molecule has 0 heterocycles. The summed E-state index contributed by atoms with van der Waals surface area (Å²) in [5, 5.41) is 8.68. The summed E-state index contributed by atoms with van der Waals surface area (Å²) < 4.78 is 0. The number of unbranched alkanes of at least 4 members (excludes halogenated alkanes) is 9. The van der Waals surface area contributed by atoms with Crippen LogP contribution in [0.15, 0.2) is 11.6 Å². The standard InChI is InChI=1S/C17H34O/c1-3-4-5-6-7-8-11-14-17(2)15-12-9-10-13-16-18/h14,18H,3-13,15-16H2,1-2H3. The van der Waals surface area contributed by atoms with E-state index in [1.807, 2.05) is 0 Å². The van der Waals surface area contributed by atoms with Gasteiger partial charge in [-0.25, -0.2) is 0 Å². The lowest BCUT2D eigenvalue weighted by atomic mass is 10.0. The zero-order valence-corrected chi connectivity index (χ0v) is 12.7. The maximum absolute atomic E-state index is 8.68. The zero-order chi connectivity index (χ0) is 13.5. The summed E-state index contributed by atoms with van der Waals surface area (Å²) in [6.45, 7) is 4.89. The predicted molar refractivity (Wildman–Crippen MR) is 81.9 cm³/mol. The molecule has 1 N–H and O–H groups in total. The molecule has 0 rings (SSSR count). The molecule has 0 amide bonds. The van der Waals surface area contributed by atoms with Crippen LogP contribution < -0.4 is 0 Å². The number of rotatable bonds is 13. The largest absolute Gasteiger partial charge is 0.396 e. The maximum atomic E-state index is 8.68. The molecule has 0 aromatic carbocycles. The first-order valence-electron chi connectivity index (χ1n) is 8.07. The average molecular weight is 254 g/mol. The number of allylic oxidation sites excluding steroid dienone is 2. The fourth-order valence-corrected chi connectivity index (χ4v) is 2.24. The van der Waals surface area contributed by atoms with Gasteiger partial charge in [0.25, 0.3) is 0 Å². The van der Waals surface area contributed by atoms with Crippen LogP contribution in [0.3, 0.4) is 0 Å². The topological polar surface area (TPSA) is 20.2 Å². The molecule has 0 spiro atoms. The van der Waals surface area contributed by atoms with Crippen molar-refractivity contribution in [1.29, 1.82) is 0 Å². The van der Waals surface area contributed by atoms with Gasteiger partial charge in [0.2, 0.25) is 0 Å². The summed E-state index contributed by atoms with van der Waals surface area (Å²) in [6, 6.07) is 0. The van der Waals surface area contributed by atoms with Gasteiger partial charge >= 0.3 is 0 Å². The van der Waals surface area contributed by atoms with Crippen LogP contribution in [-0.4, -0.2) is 11.7 Å². The molecule has 0 saturated heterocycles. The lowest BCUT2D eigenvalue weighted by Gasteiger charge is -2.02. The molecule has 0 aromatic heterocycles. The summed E-state index contributed by atoms with van der Waals surface area (Å²) in [7, 11) is 0. The van der Waals surface area contributed by atoms with E-state index in [1.165, 1.54) is 70.6 Å². The minimum atomic E-state index is 0.354. The molecule has 0 unspecified atom stereocenters. The van der Waals surface area contributed by atoms with Gasteiger partial charge in [-0.05, 0) is 39.0 Å². The quantitative estimate of drug-likeness (QED) is 0.334. The molecule has 0 bridgehead atoms.